The van der Waals surface area contributed by atoms with Gasteiger partial charge >= 0.3 is 0 Å². The summed E-state index contributed by atoms with van der Waals surface area (Å²) in [4.78, 5) is 5.79. The summed E-state index contributed by atoms with van der Waals surface area (Å²) >= 11 is 1.79. The number of rotatable bonds is 5. The fourth-order valence-corrected chi connectivity index (χ4v) is 2.63. The molecule has 88 valence electrons. The Morgan fingerprint density at radius 1 is 1.50 bits per heavy atom. The number of thiazole rings is 1. The molecule has 1 aliphatic rings. The van der Waals surface area contributed by atoms with Crippen molar-refractivity contribution in [2.45, 2.75) is 46.1 Å². The third-order valence-corrected chi connectivity index (χ3v) is 3.94. The number of nitrogens with zero attached hydrogens (tertiary/aromatic N) is 1. The zero-order chi connectivity index (χ0) is 11.5. The molecule has 1 fully saturated rings. The molecule has 0 aromatic carbocycles. The zero-order valence-corrected chi connectivity index (χ0v) is 11.2. The van der Waals surface area contributed by atoms with Gasteiger partial charge in [0.05, 0.1) is 15.6 Å². The highest BCUT2D eigenvalue weighted by molar-refractivity contribution is 7.12. The van der Waals surface area contributed by atoms with Gasteiger partial charge in [0.15, 0.2) is 0 Å². The molecule has 1 aromatic rings. The van der Waals surface area contributed by atoms with Gasteiger partial charge in [0.25, 0.3) is 0 Å². The zero-order valence-electron chi connectivity index (χ0n) is 10.3. The first-order valence-electron chi connectivity index (χ1n) is 6.06. The second kappa shape index (κ2) is 5.11. The maximum atomic E-state index is 4.46. The van der Waals surface area contributed by atoms with Crippen LogP contribution in [0.3, 0.4) is 0 Å². The SMILES string of the molecule is CCC(=Cc1sc(C)nc1C)CNC1CC1. The van der Waals surface area contributed by atoms with E-state index < -0.39 is 0 Å². The van der Waals surface area contributed by atoms with Crippen molar-refractivity contribution in [1.82, 2.24) is 10.3 Å². The van der Waals surface area contributed by atoms with Crippen molar-refractivity contribution in [1.29, 1.82) is 0 Å². The summed E-state index contributed by atoms with van der Waals surface area (Å²) in [7, 11) is 0. The highest BCUT2D eigenvalue weighted by Gasteiger charge is 2.20. The molecule has 2 nitrogen and oxygen atoms in total. The van der Waals surface area contributed by atoms with Crippen LogP contribution in [0, 0.1) is 13.8 Å². The normalized spacial score (nSPS) is 16.8. The molecule has 0 aliphatic heterocycles. The molecule has 1 aromatic heterocycles. The number of hydrogen-bond acceptors (Lipinski definition) is 3. The van der Waals surface area contributed by atoms with Gasteiger partial charge in [-0.25, -0.2) is 4.98 Å². The van der Waals surface area contributed by atoms with Crippen molar-refractivity contribution in [3.63, 3.8) is 0 Å². The molecule has 1 aliphatic carbocycles. The van der Waals surface area contributed by atoms with Gasteiger partial charge in [-0.2, -0.15) is 0 Å². The Balaban J connectivity index is 2.02. The van der Waals surface area contributed by atoms with Crippen molar-refractivity contribution in [2.24, 2.45) is 0 Å². The summed E-state index contributed by atoms with van der Waals surface area (Å²) in [6, 6.07) is 0.791. The van der Waals surface area contributed by atoms with E-state index in [-0.39, 0.29) is 0 Å². The number of aromatic nitrogens is 1. The van der Waals surface area contributed by atoms with Gasteiger partial charge in [-0.05, 0) is 39.2 Å². The number of aryl methyl sites for hydroxylation is 2. The first kappa shape index (κ1) is 11.8. The molecule has 16 heavy (non-hydrogen) atoms. The van der Waals surface area contributed by atoms with Crippen LogP contribution >= 0.6 is 11.3 Å². The summed E-state index contributed by atoms with van der Waals surface area (Å²) in [5.41, 5.74) is 2.65. The van der Waals surface area contributed by atoms with Gasteiger partial charge in [-0.15, -0.1) is 11.3 Å². The van der Waals surface area contributed by atoms with Gasteiger partial charge in [-0.3, -0.25) is 0 Å². The third-order valence-electron chi connectivity index (χ3n) is 2.92. The van der Waals surface area contributed by atoms with E-state index in [0.29, 0.717) is 0 Å². The molecule has 1 N–H and O–H groups in total. The highest BCUT2D eigenvalue weighted by Crippen LogP contribution is 2.22. The number of nitrogens with one attached hydrogen (secondary N) is 1. The van der Waals surface area contributed by atoms with Crippen molar-refractivity contribution in [3.8, 4) is 0 Å². The lowest BCUT2D eigenvalue weighted by molar-refractivity contribution is 0.723. The molecule has 0 amide bonds. The van der Waals surface area contributed by atoms with Gasteiger partial charge in [0, 0.05) is 12.6 Å². The van der Waals surface area contributed by atoms with Crippen LogP contribution in [0.25, 0.3) is 6.08 Å². The van der Waals surface area contributed by atoms with Gasteiger partial charge in [0.1, 0.15) is 0 Å². The minimum Gasteiger partial charge on any atom is -0.310 e. The molecule has 0 bridgehead atoms. The summed E-state index contributed by atoms with van der Waals surface area (Å²) in [5, 5.41) is 4.73. The van der Waals surface area contributed by atoms with Gasteiger partial charge in [-0.1, -0.05) is 12.5 Å². The standard InChI is InChI=1S/C13H20N2S/c1-4-11(8-14-12-5-6-12)7-13-9(2)15-10(3)16-13/h7,12,14H,4-6,8H2,1-3H3. The predicted octanol–water partition coefficient (Wildman–Crippen LogP) is 3.31. The van der Waals surface area contributed by atoms with E-state index in [4.69, 9.17) is 0 Å². The first-order valence-corrected chi connectivity index (χ1v) is 6.87. The Kier molecular flexibility index (Phi) is 3.77. The molecular weight excluding hydrogens is 216 g/mol. The van der Waals surface area contributed by atoms with Crippen LogP contribution in [-0.2, 0) is 0 Å². The average molecular weight is 236 g/mol. The minimum atomic E-state index is 0.791. The second-order valence-electron chi connectivity index (χ2n) is 4.49. The number of hydrogen-bond donors (Lipinski definition) is 1. The van der Waals surface area contributed by atoms with Crippen LogP contribution in [-0.4, -0.2) is 17.6 Å². The molecule has 0 saturated heterocycles. The Morgan fingerprint density at radius 2 is 2.25 bits per heavy atom. The van der Waals surface area contributed by atoms with Crippen LogP contribution in [0.2, 0.25) is 0 Å². The Hall–Kier alpha value is -0.670. The summed E-state index contributed by atoms with van der Waals surface area (Å²) < 4.78 is 0. The molecule has 0 radical (unpaired) electrons. The molecule has 2 rings (SSSR count). The molecular formula is C13H20N2S. The quantitative estimate of drug-likeness (QED) is 0.848. The molecule has 0 spiro atoms. The van der Waals surface area contributed by atoms with E-state index >= 15 is 0 Å². The fourth-order valence-electron chi connectivity index (χ4n) is 1.71. The van der Waals surface area contributed by atoms with Crippen molar-refractivity contribution < 1.29 is 0 Å². The summed E-state index contributed by atoms with van der Waals surface area (Å²) in [6.45, 7) is 7.43. The third kappa shape index (κ3) is 3.16. The molecule has 1 saturated carbocycles. The largest absolute Gasteiger partial charge is 0.310 e. The predicted molar refractivity (Wildman–Crippen MR) is 70.9 cm³/mol. The van der Waals surface area contributed by atoms with E-state index in [1.807, 2.05) is 0 Å². The molecule has 1 heterocycles. The Labute approximate surface area is 102 Å². The molecule has 0 unspecified atom stereocenters. The molecule has 3 heteroatoms. The minimum absolute atomic E-state index is 0.791. The Bertz CT molecular complexity index is 389. The van der Waals surface area contributed by atoms with E-state index in [9.17, 15) is 0 Å². The fraction of sp³-hybridized carbons (Fsp3) is 0.615. The van der Waals surface area contributed by atoms with Gasteiger partial charge in [0.2, 0.25) is 0 Å². The van der Waals surface area contributed by atoms with Crippen molar-refractivity contribution in [2.75, 3.05) is 6.54 Å². The second-order valence-corrected chi connectivity index (χ2v) is 5.73. The maximum absolute atomic E-state index is 4.46. The highest BCUT2D eigenvalue weighted by atomic mass is 32.1. The monoisotopic (exact) mass is 236 g/mol. The van der Waals surface area contributed by atoms with E-state index in [0.717, 1.165) is 24.0 Å². The lowest BCUT2D eigenvalue weighted by Crippen LogP contribution is -2.18. The average Bonchev–Trinajstić information content (AvgIpc) is 3.01. The van der Waals surface area contributed by atoms with Crippen LogP contribution in [0.5, 0.6) is 0 Å². The molecule has 0 atom stereocenters. The van der Waals surface area contributed by atoms with E-state index in [2.05, 4.69) is 37.1 Å². The van der Waals surface area contributed by atoms with Crippen LogP contribution in [0.15, 0.2) is 5.57 Å². The van der Waals surface area contributed by atoms with E-state index in [1.54, 1.807) is 11.3 Å². The van der Waals surface area contributed by atoms with E-state index in [1.165, 1.54) is 29.0 Å². The van der Waals surface area contributed by atoms with Crippen molar-refractivity contribution >= 4 is 17.4 Å². The lowest BCUT2D eigenvalue weighted by Gasteiger charge is -2.05. The van der Waals surface area contributed by atoms with Crippen LogP contribution in [0.1, 0.15) is 41.8 Å². The van der Waals surface area contributed by atoms with Gasteiger partial charge < -0.3 is 5.32 Å². The maximum Gasteiger partial charge on any atom is 0.0903 e. The lowest BCUT2D eigenvalue weighted by atomic mass is 10.1. The van der Waals surface area contributed by atoms with Crippen molar-refractivity contribution in [3.05, 3.63) is 21.2 Å². The Morgan fingerprint density at radius 3 is 2.75 bits per heavy atom. The van der Waals surface area contributed by atoms with Crippen LogP contribution < -0.4 is 5.32 Å². The van der Waals surface area contributed by atoms with Crippen LogP contribution in [0.4, 0.5) is 0 Å². The summed E-state index contributed by atoms with van der Waals surface area (Å²) in [5.74, 6) is 0. The topological polar surface area (TPSA) is 24.9 Å². The smallest absolute Gasteiger partial charge is 0.0903 e. The first-order chi connectivity index (χ1) is 7.69. The summed E-state index contributed by atoms with van der Waals surface area (Å²) in [6.07, 6.45) is 6.15.